The maximum Gasteiger partial charge on any atom is 0.315 e. The predicted molar refractivity (Wildman–Crippen MR) is 149 cm³/mol. The zero-order valence-electron chi connectivity index (χ0n) is 20.6. The van der Waals surface area contributed by atoms with Gasteiger partial charge in [0, 0.05) is 21.7 Å². The highest BCUT2D eigenvalue weighted by Crippen LogP contribution is 2.44. The Morgan fingerprint density at radius 1 is 0.897 bits per heavy atom. The van der Waals surface area contributed by atoms with Crippen molar-refractivity contribution in [1.82, 2.24) is 0 Å². The topological polar surface area (TPSA) is 94.6 Å². The minimum absolute atomic E-state index is 0.00729. The Hall–Kier alpha value is -4.44. The Bertz CT molecular complexity index is 1590. The molecule has 1 heterocycles. The third kappa shape index (κ3) is 6.18. The molecule has 0 radical (unpaired) electrons. The number of carbonyl (C=O) groups is 1. The third-order valence-electron chi connectivity index (χ3n) is 6.19. The highest BCUT2D eigenvalue weighted by atomic mass is 35.5. The fourth-order valence-electron chi connectivity index (χ4n) is 4.31. The molecule has 1 aliphatic heterocycles. The lowest BCUT2D eigenvalue weighted by molar-refractivity contribution is -0.133. The lowest BCUT2D eigenvalue weighted by atomic mass is 9.83. The summed E-state index contributed by atoms with van der Waals surface area (Å²) in [6.07, 6.45) is 0.0845. The van der Waals surface area contributed by atoms with Gasteiger partial charge in [-0.05, 0) is 59.2 Å². The van der Waals surface area contributed by atoms with Gasteiger partial charge in [0.25, 0.3) is 0 Å². The molecule has 4 aromatic carbocycles. The molecular weight excluding hydrogens is 535 g/mol. The van der Waals surface area contributed by atoms with Crippen LogP contribution in [0.1, 0.15) is 28.2 Å². The molecular formula is C31H22Cl2N2O4. The second-order valence-corrected chi connectivity index (χ2v) is 9.76. The number of fused-ring (bicyclic) bond motifs is 1. The number of allylic oxidation sites excluding steroid dienone is 1. The van der Waals surface area contributed by atoms with E-state index in [1.807, 2.05) is 48.5 Å². The van der Waals surface area contributed by atoms with Crippen molar-refractivity contribution in [3.05, 3.63) is 135 Å². The molecule has 1 atom stereocenters. The van der Waals surface area contributed by atoms with Crippen molar-refractivity contribution in [3.8, 4) is 23.3 Å². The number of halogens is 2. The second-order valence-electron chi connectivity index (χ2n) is 8.89. The van der Waals surface area contributed by atoms with E-state index in [1.165, 1.54) is 0 Å². The normalized spacial score (nSPS) is 14.1. The second kappa shape index (κ2) is 11.5. The SMILES string of the molecule is N#CC1=C(N)Oc2cc(OC(=O)Cc3ccc(Cl)cc3)ccc2C1c1cccc(OCc2ccc(Cl)cc2)c1. The van der Waals surface area contributed by atoms with Crippen LogP contribution < -0.4 is 19.9 Å². The van der Waals surface area contributed by atoms with Crippen molar-refractivity contribution >= 4 is 29.2 Å². The molecule has 5 rings (SSSR count). The molecule has 1 unspecified atom stereocenters. The van der Waals surface area contributed by atoms with Crippen LogP contribution in [0.5, 0.6) is 17.2 Å². The van der Waals surface area contributed by atoms with Gasteiger partial charge in [-0.2, -0.15) is 5.26 Å². The van der Waals surface area contributed by atoms with Crippen molar-refractivity contribution in [2.24, 2.45) is 5.73 Å². The average Bonchev–Trinajstić information content (AvgIpc) is 2.93. The number of nitrogens with two attached hydrogens (primary N) is 1. The smallest absolute Gasteiger partial charge is 0.315 e. The van der Waals surface area contributed by atoms with Gasteiger partial charge < -0.3 is 19.9 Å². The van der Waals surface area contributed by atoms with E-state index < -0.39 is 11.9 Å². The van der Waals surface area contributed by atoms with Crippen molar-refractivity contribution in [3.63, 3.8) is 0 Å². The summed E-state index contributed by atoms with van der Waals surface area (Å²) in [4.78, 5) is 12.5. The average molecular weight is 557 g/mol. The van der Waals surface area contributed by atoms with E-state index in [0.29, 0.717) is 39.5 Å². The summed E-state index contributed by atoms with van der Waals surface area (Å²) in [6.45, 7) is 0.360. The van der Waals surface area contributed by atoms with Crippen LogP contribution in [0.25, 0.3) is 0 Å². The molecule has 0 fully saturated rings. The summed E-state index contributed by atoms with van der Waals surface area (Å²) in [7, 11) is 0. The van der Waals surface area contributed by atoms with Gasteiger partial charge in [0.15, 0.2) is 0 Å². The van der Waals surface area contributed by atoms with Gasteiger partial charge in [0.1, 0.15) is 35.5 Å². The summed E-state index contributed by atoms with van der Waals surface area (Å²) in [5.41, 5.74) is 9.71. The van der Waals surface area contributed by atoms with Crippen molar-refractivity contribution < 1.29 is 19.0 Å². The number of nitriles is 1. The Kier molecular flexibility index (Phi) is 7.74. The summed E-state index contributed by atoms with van der Waals surface area (Å²) in [6, 6.07) is 29.1. The number of ether oxygens (including phenoxy) is 3. The molecule has 0 aromatic heterocycles. The summed E-state index contributed by atoms with van der Waals surface area (Å²) < 4.78 is 17.3. The lowest BCUT2D eigenvalue weighted by Gasteiger charge is -2.27. The largest absolute Gasteiger partial charge is 0.489 e. The quantitative estimate of drug-likeness (QED) is 0.196. The van der Waals surface area contributed by atoms with E-state index in [-0.39, 0.29) is 17.9 Å². The first-order chi connectivity index (χ1) is 18.9. The number of hydrogen-bond donors (Lipinski definition) is 1. The Balaban J connectivity index is 1.37. The minimum Gasteiger partial charge on any atom is -0.489 e. The van der Waals surface area contributed by atoms with Crippen LogP contribution in [-0.2, 0) is 17.8 Å². The van der Waals surface area contributed by atoms with Crippen LogP contribution in [0.2, 0.25) is 10.0 Å². The first kappa shape index (κ1) is 26.2. The zero-order valence-corrected chi connectivity index (χ0v) is 22.1. The maximum atomic E-state index is 12.5. The van der Waals surface area contributed by atoms with Crippen LogP contribution in [0, 0.1) is 11.3 Å². The van der Waals surface area contributed by atoms with Crippen molar-refractivity contribution in [2.45, 2.75) is 18.9 Å². The van der Waals surface area contributed by atoms with Gasteiger partial charge in [0.2, 0.25) is 5.88 Å². The summed E-state index contributed by atoms with van der Waals surface area (Å²) in [5.74, 6) is 0.416. The van der Waals surface area contributed by atoms with Crippen LogP contribution in [0.15, 0.2) is 102 Å². The molecule has 0 aliphatic carbocycles. The molecule has 8 heteroatoms. The van der Waals surface area contributed by atoms with Crippen molar-refractivity contribution in [2.75, 3.05) is 0 Å². The van der Waals surface area contributed by atoms with Gasteiger partial charge in [-0.1, -0.05) is 65.7 Å². The molecule has 4 aromatic rings. The zero-order chi connectivity index (χ0) is 27.4. The highest BCUT2D eigenvalue weighted by Gasteiger charge is 2.31. The number of nitrogens with zero attached hydrogens (tertiary/aromatic N) is 1. The number of hydrogen-bond acceptors (Lipinski definition) is 6. The molecule has 194 valence electrons. The van der Waals surface area contributed by atoms with Crippen LogP contribution in [-0.4, -0.2) is 5.97 Å². The molecule has 0 saturated carbocycles. The van der Waals surface area contributed by atoms with Crippen molar-refractivity contribution in [1.29, 1.82) is 5.26 Å². The molecule has 6 nitrogen and oxygen atoms in total. The van der Waals surface area contributed by atoms with Gasteiger partial charge in [0.05, 0.1) is 12.3 Å². The first-order valence-electron chi connectivity index (χ1n) is 12.0. The first-order valence-corrected chi connectivity index (χ1v) is 12.8. The van der Waals surface area contributed by atoms with Gasteiger partial charge in [-0.3, -0.25) is 4.79 Å². The van der Waals surface area contributed by atoms with E-state index in [1.54, 1.807) is 42.5 Å². The van der Waals surface area contributed by atoms with Gasteiger partial charge in [-0.15, -0.1) is 0 Å². The van der Waals surface area contributed by atoms with Gasteiger partial charge in [-0.25, -0.2) is 0 Å². The number of rotatable bonds is 7. The van der Waals surface area contributed by atoms with E-state index >= 15 is 0 Å². The molecule has 39 heavy (non-hydrogen) atoms. The van der Waals surface area contributed by atoms with Gasteiger partial charge >= 0.3 is 5.97 Å². The summed E-state index contributed by atoms with van der Waals surface area (Å²) >= 11 is 11.9. The molecule has 0 saturated heterocycles. The van der Waals surface area contributed by atoms with E-state index in [9.17, 15) is 10.1 Å². The number of benzene rings is 4. The fraction of sp³-hybridized carbons (Fsp3) is 0.0968. The van der Waals surface area contributed by atoms with E-state index in [4.69, 9.17) is 43.1 Å². The molecule has 0 spiro atoms. The number of carbonyl (C=O) groups excluding carboxylic acids is 1. The predicted octanol–water partition coefficient (Wildman–Crippen LogP) is 6.94. The third-order valence-corrected chi connectivity index (χ3v) is 6.70. The molecule has 2 N–H and O–H groups in total. The number of esters is 1. The highest BCUT2D eigenvalue weighted by molar-refractivity contribution is 6.30. The van der Waals surface area contributed by atoms with E-state index in [2.05, 4.69) is 6.07 Å². The van der Waals surface area contributed by atoms with E-state index in [0.717, 1.165) is 16.7 Å². The molecule has 0 bridgehead atoms. The Morgan fingerprint density at radius 3 is 2.28 bits per heavy atom. The minimum atomic E-state index is -0.489. The summed E-state index contributed by atoms with van der Waals surface area (Å²) in [5, 5.41) is 11.2. The maximum absolute atomic E-state index is 12.5. The van der Waals surface area contributed by atoms with Crippen LogP contribution in [0.3, 0.4) is 0 Å². The molecule has 1 aliphatic rings. The Labute approximate surface area is 235 Å². The van der Waals surface area contributed by atoms with Crippen LogP contribution in [0.4, 0.5) is 0 Å². The lowest BCUT2D eigenvalue weighted by Crippen LogP contribution is -2.21. The fourth-order valence-corrected chi connectivity index (χ4v) is 4.56. The van der Waals surface area contributed by atoms with Crippen LogP contribution >= 0.6 is 23.2 Å². The monoisotopic (exact) mass is 556 g/mol. The standard InChI is InChI=1S/C31H22Cl2N2O4/c32-22-8-4-19(5-9-22)14-29(36)38-25-12-13-26-28(16-25)39-31(35)27(17-34)30(26)21-2-1-3-24(15-21)37-18-20-6-10-23(33)11-7-20/h1-13,15-16,30H,14,18,35H2. The molecule has 0 amide bonds. The Morgan fingerprint density at radius 2 is 1.59 bits per heavy atom.